The van der Waals surface area contributed by atoms with E-state index in [1.54, 1.807) is 0 Å². The van der Waals surface area contributed by atoms with E-state index in [2.05, 4.69) is 17.2 Å². The van der Waals surface area contributed by atoms with Crippen LogP contribution in [0, 0.1) is 0 Å². The first kappa shape index (κ1) is 13.2. The van der Waals surface area contributed by atoms with Gasteiger partial charge in [0.1, 0.15) is 0 Å². The average Bonchev–Trinajstić information content (AvgIpc) is 2.03. The van der Waals surface area contributed by atoms with Gasteiger partial charge in [-0.1, -0.05) is 13.0 Å². The molecule has 0 saturated carbocycles. The number of hydrogen-bond donors (Lipinski definition) is 2. The average molecular weight is 198 g/mol. The van der Waals surface area contributed by atoms with Gasteiger partial charge in [0, 0.05) is 18.5 Å². The van der Waals surface area contributed by atoms with Gasteiger partial charge >= 0.3 is 0 Å². The SMILES string of the molecule is C=CCC(C)NC(=O)CC(C)NCC. The van der Waals surface area contributed by atoms with E-state index in [4.69, 9.17) is 0 Å². The van der Waals surface area contributed by atoms with Crippen molar-refractivity contribution >= 4 is 5.91 Å². The third kappa shape index (κ3) is 6.66. The third-order valence-corrected chi connectivity index (χ3v) is 1.97. The van der Waals surface area contributed by atoms with E-state index in [-0.39, 0.29) is 18.0 Å². The molecule has 0 aromatic rings. The summed E-state index contributed by atoms with van der Waals surface area (Å²) in [5.41, 5.74) is 0. The van der Waals surface area contributed by atoms with E-state index >= 15 is 0 Å². The summed E-state index contributed by atoms with van der Waals surface area (Å²) in [5, 5.41) is 6.12. The zero-order valence-electron chi connectivity index (χ0n) is 9.47. The number of rotatable bonds is 7. The van der Waals surface area contributed by atoms with Gasteiger partial charge in [0.15, 0.2) is 0 Å². The molecule has 0 heterocycles. The van der Waals surface area contributed by atoms with E-state index in [0.717, 1.165) is 13.0 Å². The fraction of sp³-hybridized carbons (Fsp3) is 0.727. The van der Waals surface area contributed by atoms with Gasteiger partial charge in [0.2, 0.25) is 5.91 Å². The minimum absolute atomic E-state index is 0.104. The quantitative estimate of drug-likeness (QED) is 0.608. The Bertz CT molecular complexity index is 180. The largest absolute Gasteiger partial charge is 0.353 e. The summed E-state index contributed by atoms with van der Waals surface area (Å²) < 4.78 is 0. The van der Waals surface area contributed by atoms with Crippen molar-refractivity contribution in [2.75, 3.05) is 6.54 Å². The molecule has 2 unspecified atom stereocenters. The van der Waals surface area contributed by atoms with Crippen LogP contribution in [0.3, 0.4) is 0 Å². The second-order valence-corrected chi connectivity index (χ2v) is 3.66. The minimum atomic E-state index is 0.104. The summed E-state index contributed by atoms with van der Waals surface area (Å²) in [5.74, 6) is 0.104. The van der Waals surface area contributed by atoms with Crippen molar-refractivity contribution in [2.45, 2.75) is 45.7 Å². The van der Waals surface area contributed by atoms with Crippen LogP contribution in [-0.4, -0.2) is 24.5 Å². The fourth-order valence-electron chi connectivity index (χ4n) is 1.34. The van der Waals surface area contributed by atoms with E-state index < -0.39 is 0 Å². The van der Waals surface area contributed by atoms with Gasteiger partial charge in [-0.2, -0.15) is 0 Å². The zero-order valence-corrected chi connectivity index (χ0v) is 9.47. The molecule has 0 aromatic heterocycles. The first-order valence-corrected chi connectivity index (χ1v) is 5.23. The Balaban J connectivity index is 3.68. The highest BCUT2D eigenvalue weighted by Gasteiger charge is 2.09. The number of carbonyl (C=O) groups is 1. The number of hydrogen-bond acceptors (Lipinski definition) is 2. The normalized spacial score (nSPS) is 14.5. The lowest BCUT2D eigenvalue weighted by molar-refractivity contribution is -0.122. The highest BCUT2D eigenvalue weighted by atomic mass is 16.1. The Morgan fingerprint density at radius 1 is 1.43 bits per heavy atom. The Hall–Kier alpha value is -0.830. The summed E-state index contributed by atoms with van der Waals surface area (Å²) in [6, 6.07) is 0.435. The van der Waals surface area contributed by atoms with Crippen molar-refractivity contribution in [1.29, 1.82) is 0 Å². The maximum atomic E-state index is 11.4. The van der Waals surface area contributed by atoms with E-state index in [0.29, 0.717) is 6.42 Å². The lowest BCUT2D eigenvalue weighted by Crippen LogP contribution is -2.37. The molecule has 0 rings (SSSR count). The third-order valence-electron chi connectivity index (χ3n) is 1.97. The fourth-order valence-corrected chi connectivity index (χ4v) is 1.34. The molecule has 0 aliphatic heterocycles. The van der Waals surface area contributed by atoms with Crippen molar-refractivity contribution in [3.63, 3.8) is 0 Å². The first-order valence-electron chi connectivity index (χ1n) is 5.23. The molecule has 0 spiro atoms. The van der Waals surface area contributed by atoms with Gasteiger partial charge in [-0.05, 0) is 26.8 Å². The summed E-state index contributed by atoms with van der Waals surface area (Å²) in [4.78, 5) is 11.4. The monoisotopic (exact) mass is 198 g/mol. The van der Waals surface area contributed by atoms with Gasteiger partial charge in [0.05, 0.1) is 0 Å². The van der Waals surface area contributed by atoms with Crippen LogP contribution in [-0.2, 0) is 4.79 Å². The number of nitrogens with one attached hydrogen (secondary N) is 2. The summed E-state index contributed by atoms with van der Waals surface area (Å²) in [6.45, 7) is 10.6. The van der Waals surface area contributed by atoms with E-state index in [1.165, 1.54) is 0 Å². The molecule has 0 fully saturated rings. The maximum absolute atomic E-state index is 11.4. The predicted molar refractivity (Wildman–Crippen MR) is 60.2 cm³/mol. The lowest BCUT2D eigenvalue weighted by Gasteiger charge is -2.15. The smallest absolute Gasteiger partial charge is 0.221 e. The topological polar surface area (TPSA) is 41.1 Å². The van der Waals surface area contributed by atoms with Crippen molar-refractivity contribution in [3.05, 3.63) is 12.7 Å². The molecule has 2 N–H and O–H groups in total. The molecule has 1 amide bonds. The number of carbonyl (C=O) groups excluding carboxylic acids is 1. The molecule has 2 atom stereocenters. The van der Waals surface area contributed by atoms with Gasteiger partial charge in [-0.15, -0.1) is 6.58 Å². The molecule has 3 heteroatoms. The van der Waals surface area contributed by atoms with Crippen LogP contribution in [0.25, 0.3) is 0 Å². The Morgan fingerprint density at radius 2 is 2.07 bits per heavy atom. The van der Waals surface area contributed by atoms with Crippen molar-refractivity contribution in [3.8, 4) is 0 Å². The second kappa shape index (κ2) is 7.56. The Morgan fingerprint density at radius 3 is 2.57 bits per heavy atom. The first-order chi connectivity index (χ1) is 6.60. The van der Waals surface area contributed by atoms with Gasteiger partial charge in [-0.25, -0.2) is 0 Å². The molecule has 3 nitrogen and oxygen atoms in total. The maximum Gasteiger partial charge on any atom is 0.221 e. The highest BCUT2D eigenvalue weighted by Crippen LogP contribution is 1.94. The molecule has 82 valence electrons. The molecule has 0 aliphatic rings. The Kier molecular flexibility index (Phi) is 7.11. The van der Waals surface area contributed by atoms with Crippen LogP contribution < -0.4 is 10.6 Å². The van der Waals surface area contributed by atoms with Gasteiger partial charge in [0.25, 0.3) is 0 Å². The van der Waals surface area contributed by atoms with Crippen LogP contribution in [0.4, 0.5) is 0 Å². The second-order valence-electron chi connectivity index (χ2n) is 3.66. The van der Waals surface area contributed by atoms with Gasteiger partial charge in [-0.3, -0.25) is 4.79 Å². The van der Waals surface area contributed by atoms with E-state index in [9.17, 15) is 4.79 Å². The predicted octanol–water partition coefficient (Wildman–Crippen LogP) is 1.46. The standard InChI is InChI=1S/C11H22N2O/c1-5-7-9(3)13-11(14)8-10(4)12-6-2/h5,9-10,12H,1,6-8H2,2-4H3,(H,13,14). The molecule has 14 heavy (non-hydrogen) atoms. The van der Waals surface area contributed by atoms with Gasteiger partial charge < -0.3 is 10.6 Å². The highest BCUT2D eigenvalue weighted by molar-refractivity contribution is 5.76. The molecular formula is C11H22N2O. The van der Waals surface area contributed by atoms with Crippen LogP contribution in [0.1, 0.15) is 33.6 Å². The molecule has 0 aliphatic carbocycles. The van der Waals surface area contributed by atoms with Crippen LogP contribution in [0.5, 0.6) is 0 Å². The van der Waals surface area contributed by atoms with Crippen molar-refractivity contribution < 1.29 is 4.79 Å². The van der Waals surface area contributed by atoms with Crippen LogP contribution in [0.15, 0.2) is 12.7 Å². The summed E-state index contributed by atoms with van der Waals surface area (Å²) in [7, 11) is 0. The van der Waals surface area contributed by atoms with Crippen molar-refractivity contribution in [1.82, 2.24) is 10.6 Å². The Labute approximate surface area is 87.0 Å². The zero-order chi connectivity index (χ0) is 11.0. The summed E-state index contributed by atoms with van der Waals surface area (Å²) in [6.07, 6.45) is 3.18. The number of amides is 1. The molecule has 0 aromatic carbocycles. The molecule has 0 saturated heterocycles. The summed E-state index contributed by atoms with van der Waals surface area (Å²) >= 11 is 0. The molecule has 0 radical (unpaired) electrons. The van der Waals surface area contributed by atoms with Crippen LogP contribution >= 0.6 is 0 Å². The van der Waals surface area contributed by atoms with Crippen LogP contribution in [0.2, 0.25) is 0 Å². The van der Waals surface area contributed by atoms with Crippen molar-refractivity contribution in [2.24, 2.45) is 0 Å². The van der Waals surface area contributed by atoms with E-state index in [1.807, 2.05) is 26.8 Å². The lowest BCUT2D eigenvalue weighted by atomic mass is 10.2. The molecular weight excluding hydrogens is 176 g/mol. The molecule has 0 bridgehead atoms. The minimum Gasteiger partial charge on any atom is -0.353 e.